The van der Waals surface area contributed by atoms with Crippen LogP contribution in [0.5, 0.6) is 0 Å². The van der Waals surface area contributed by atoms with Crippen molar-refractivity contribution < 1.29 is 13.6 Å². The molecule has 0 unspecified atom stereocenters. The van der Waals surface area contributed by atoms with Crippen LogP contribution in [-0.2, 0) is 6.54 Å². The summed E-state index contributed by atoms with van der Waals surface area (Å²) in [4.78, 5) is 30.3. The Hall–Kier alpha value is -4.21. The lowest BCUT2D eigenvalue weighted by atomic mass is 9.95. The molecule has 0 spiro atoms. The van der Waals surface area contributed by atoms with E-state index in [4.69, 9.17) is 16.6 Å². The van der Waals surface area contributed by atoms with E-state index in [1.165, 1.54) is 18.2 Å². The van der Waals surface area contributed by atoms with Gasteiger partial charge >= 0.3 is 0 Å². The minimum atomic E-state index is -0.712. The summed E-state index contributed by atoms with van der Waals surface area (Å²) in [6, 6.07) is 15.9. The first-order valence-corrected chi connectivity index (χ1v) is 13.5. The zero-order chi connectivity index (χ0) is 29.1. The monoisotopic (exact) mass is 590 g/mol. The Labute approximate surface area is 249 Å². The van der Waals surface area contributed by atoms with Crippen LogP contribution < -0.4 is 5.32 Å². The van der Waals surface area contributed by atoms with E-state index >= 15 is 0 Å². The van der Waals surface area contributed by atoms with E-state index in [0.717, 1.165) is 13.0 Å². The molecule has 1 aromatic heterocycles. The third-order valence-electron chi connectivity index (χ3n) is 6.80. The van der Waals surface area contributed by atoms with E-state index in [9.17, 15) is 13.6 Å². The van der Waals surface area contributed by atoms with Gasteiger partial charge in [-0.3, -0.25) is 9.79 Å². The van der Waals surface area contributed by atoms with Gasteiger partial charge in [0.2, 0.25) is 5.95 Å². The Kier molecular flexibility index (Phi) is 9.65. The van der Waals surface area contributed by atoms with Crippen LogP contribution in [0.2, 0.25) is 5.02 Å². The lowest BCUT2D eigenvalue weighted by Crippen LogP contribution is -2.29. The van der Waals surface area contributed by atoms with Crippen LogP contribution in [0.15, 0.2) is 71.9 Å². The van der Waals surface area contributed by atoms with E-state index < -0.39 is 11.6 Å². The Balaban J connectivity index is 0.00000405. The average molecular weight is 591 g/mol. The molecule has 0 fully saturated rings. The molecule has 0 radical (unpaired) electrons. The molecule has 0 bridgehead atoms. The van der Waals surface area contributed by atoms with Gasteiger partial charge in [0.15, 0.2) is 0 Å². The molecule has 10 heteroatoms. The zero-order valence-electron chi connectivity index (χ0n) is 23.0. The molecule has 0 aliphatic carbocycles. The van der Waals surface area contributed by atoms with Gasteiger partial charge in [0.25, 0.3) is 5.91 Å². The molecule has 1 N–H and O–H groups in total. The van der Waals surface area contributed by atoms with Crippen LogP contribution in [0, 0.1) is 11.6 Å². The third-order valence-corrected chi connectivity index (χ3v) is 7.03. The van der Waals surface area contributed by atoms with Crippen LogP contribution in [-0.4, -0.2) is 65.6 Å². The predicted molar refractivity (Wildman–Crippen MR) is 165 cm³/mol. The number of carbonyl (C=O) groups excluding carboxylic acids is 1. The van der Waals surface area contributed by atoms with Gasteiger partial charge in [-0.1, -0.05) is 31.2 Å². The first-order valence-electron chi connectivity index (χ1n) is 13.1. The number of carbonyl (C=O) groups is 1. The summed E-state index contributed by atoms with van der Waals surface area (Å²) in [6.45, 7) is 1.71. The number of anilines is 2. The van der Waals surface area contributed by atoms with Crippen molar-refractivity contribution in [2.24, 2.45) is 4.99 Å². The smallest absolute Gasteiger partial charge is 0.253 e. The maximum Gasteiger partial charge on any atom is 0.253 e. The number of aromatic nitrogens is 2. The number of aliphatic imine (C=N–C) groups is 1. The fourth-order valence-corrected chi connectivity index (χ4v) is 4.87. The van der Waals surface area contributed by atoms with E-state index in [2.05, 4.69) is 20.2 Å². The number of halogens is 3. The van der Waals surface area contributed by atoms with Gasteiger partial charge in [-0.15, -0.1) is 0 Å². The van der Waals surface area contributed by atoms with Crippen molar-refractivity contribution >= 4 is 34.9 Å². The average Bonchev–Trinajstić information content (AvgIpc) is 3.09. The molecule has 0 atom stereocenters. The van der Waals surface area contributed by atoms with Crippen molar-refractivity contribution in [1.29, 1.82) is 0 Å². The Bertz CT molecular complexity index is 1600. The van der Waals surface area contributed by atoms with Crippen LogP contribution in [0.1, 0.15) is 40.9 Å². The standard InChI is InChI=1S/C31H29ClF2N6O.CH4/c1-39(2)14-5-15-40(3)30(41)19-8-11-22(12-9-19)37-31-36-18-20-17-35-29(27-25(33)6-4-7-26(27)34)24-16-21(32)10-13-23(24)28(20)38-31;/h4,6-13,16,18H,5,14-15,17H2,1-3H3,(H,36,37,38);1H4. The minimum Gasteiger partial charge on any atom is -0.342 e. The highest BCUT2D eigenvalue weighted by molar-refractivity contribution is 6.31. The zero-order valence-corrected chi connectivity index (χ0v) is 23.7. The van der Waals surface area contributed by atoms with Crippen molar-refractivity contribution in [3.05, 3.63) is 106 Å². The number of amides is 1. The fourth-order valence-electron chi connectivity index (χ4n) is 4.69. The highest BCUT2D eigenvalue weighted by atomic mass is 35.5. The summed E-state index contributed by atoms with van der Waals surface area (Å²) in [6.07, 6.45) is 2.54. The van der Waals surface area contributed by atoms with Crippen molar-refractivity contribution in [3.8, 4) is 11.3 Å². The van der Waals surface area contributed by atoms with Gasteiger partial charge in [0, 0.05) is 52.8 Å². The highest BCUT2D eigenvalue weighted by Crippen LogP contribution is 2.34. The number of nitrogens with zero attached hydrogens (tertiary/aromatic N) is 5. The normalized spacial score (nSPS) is 12.0. The van der Waals surface area contributed by atoms with Crippen molar-refractivity contribution in [1.82, 2.24) is 19.8 Å². The van der Waals surface area contributed by atoms with Crippen LogP contribution in [0.25, 0.3) is 11.3 Å². The maximum atomic E-state index is 14.8. The quantitative estimate of drug-likeness (QED) is 0.243. The molecular formula is C32H33ClF2N6O. The number of rotatable bonds is 8. The largest absolute Gasteiger partial charge is 0.342 e. The summed E-state index contributed by atoms with van der Waals surface area (Å²) < 4.78 is 29.6. The summed E-state index contributed by atoms with van der Waals surface area (Å²) in [5, 5.41) is 3.59. The minimum absolute atomic E-state index is 0. The number of fused-ring (bicyclic) bond motifs is 3. The molecule has 3 aromatic carbocycles. The molecule has 218 valence electrons. The van der Waals surface area contributed by atoms with Crippen molar-refractivity contribution in [3.63, 3.8) is 0 Å². The topological polar surface area (TPSA) is 73.7 Å². The molecule has 0 saturated carbocycles. The first-order chi connectivity index (χ1) is 19.7. The van der Waals surface area contributed by atoms with Gasteiger partial charge in [0.05, 0.1) is 23.5 Å². The van der Waals surface area contributed by atoms with E-state index in [0.29, 0.717) is 51.2 Å². The van der Waals surface area contributed by atoms with Crippen LogP contribution in [0.4, 0.5) is 20.4 Å². The van der Waals surface area contributed by atoms with Gasteiger partial charge in [-0.05, 0) is 75.6 Å². The van der Waals surface area contributed by atoms with Gasteiger partial charge < -0.3 is 15.1 Å². The Morgan fingerprint density at radius 1 is 0.976 bits per heavy atom. The second kappa shape index (κ2) is 13.2. The molecule has 0 saturated heterocycles. The van der Waals surface area contributed by atoms with Crippen molar-refractivity contribution in [2.45, 2.75) is 20.4 Å². The van der Waals surface area contributed by atoms with Crippen LogP contribution >= 0.6 is 11.6 Å². The number of benzene rings is 3. The van der Waals surface area contributed by atoms with E-state index in [1.54, 1.807) is 60.6 Å². The molecule has 42 heavy (non-hydrogen) atoms. The van der Waals surface area contributed by atoms with Gasteiger partial charge in [-0.25, -0.2) is 18.7 Å². The molecule has 4 aromatic rings. The Morgan fingerprint density at radius 2 is 1.69 bits per heavy atom. The molecule has 1 aliphatic heterocycles. The van der Waals surface area contributed by atoms with Crippen molar-refractivity contribution in [2.75, 3.05) is 39.5 Å². The highest BCUT2D eigenvalue weighted by Gasteiger charge is 2.25. The second-order valence-corrected chi connectivity index (χ2v) is 10.5. The molecule has 2 heterocycles. The fraction of sp³-hybridized carbons (Fsp3) is 0.250. The molecule has 1 aliphatic rings. The number of nitrogens with one attached hydrogen (secondary N) is 1. The summed E-state index contributed by atoms with van der Waals surface area (Å²) in [5.41, 5.74) is 3.62. The third kappa shape index (κ3) is 6.64. The van der Waals surface area contributed by atoms with E-state index in [1.807, 2.05) is 14.1 Å². The lowest BCUT2D eigenvalue weighted by Gasteiger charge is -2.19. The predicted octanol–water partition coefficient (Wildman–Crippen LogP) is 6.83. The summed E-state index contributed by atoms with van der Waals surface area (Å²) in [7, 11) is 5.82. The molecule has 1 amide bonds. The lowest BCUT2D eigenvalue weighted by molar-refractivity contribution is 0.0790. The Morgan fingerprint density at radius 3 is 2.38 bits per heavy atom. The SMILES string of the molecule is C.CN(C)CCCN(C)C(=O)c1ccc(Nc2ncc3c(n2)-c2ccc(Cl)cc2C(c2c(F)cccc2F)=NC3)cc1. The number of hydrogen-bond donors (Lipinski definition) is 1. The molecule has 7 nitrogen and oxygen atoms in total. The molecular weight excluding hydrogens is 558 g/mol. The summed E-state index contributed by atoms with van der Waals surface area (Å²) >= 11 is 6.30. The van der Waals surface area contributed by atoms with E-state index in [-0.39, 0.29) is 31.2 Å². The maximum absolute atomic E-state index is 14.8. The summed E-state index contributed by atoms with van der Waals surface area (Å²) in [5.74, 6) is -1.15. The second-order valence-electron chi connectivity index (χ2n) is 10.1. The van der Waals surface area contributed by atoms with Gasteiger partial charge in [0.1, 0.15) is 11.6 Å². The van der Waals surface area contributed by atoms with Gasteiger partial charge in [-0.2, -0.15) is 0 Å². The van der Waals surface area contributed by atoms with Crippen LogP contribution in [0.3, 0.4) is 0 Å². The first kappa shape index (κ1) is 30.7. The molecule has 5 rings (SSSR count). The number of hydrogen-bond acceptors (Lipinski definition) is 6.